The second-order valence-electron chi connectivity index (χ2n) is 3.26. The summed E-state index contributed by atoms with van der Waals surface area (Å²) in [6.45, 7) is 6.02. The molecular weight excluding hydrogens is 198 g/mol. The zero-order valence-electron chi connectivity index (χ0n) is 7.59. The number of benzene rings is 1. The molecule has 0 saturated heterocycles. The molecule has 1 unspecified atom stereocenters. The van der Waals surface area contributed by atoms with E-state index < -0.39 is 0 Å². The molecule has 0 aliphatic rings. The van der Waals surface area contributed by atoms with Crippen LogP contribution in [0.4, 0.5) is 0 Å². The molecule has 0 heterocycles. The van der Waals surface area contributed by atoms with E-state index in [4.69, 9.17) is 0 Å². The van der Waals surface area contributed by atoms with Crippen molar-refractivity contribution in [2.75, 3.05) is 0 Å². The third-order valence-corrected chi connectivity index (χ3v) is 2.41. The molecule has 0 radical (unpaired) electrons. The molecule has 59 valence electrons. The molecule has 0 fully saturated rings. The quantitative estimate of drug-likeness (QED) is 0.672. The summed E-state index contributed by atoms with van der Waals surface area (Å²) in [5, 5.41) is 0. The van der Waals surface area contributed by atoms with Gasteiger partial charge in [-0.25, -0.2) is 0 Å². The SMILES string of the molecule is C=Cc1ccc(C[CH](C)[Zn])cc1. The van der Waals surface area contributed by atoms with Crippen molar-refractivity contribution in [2.45, 2.75) is 17.9 Å². The maximum atomic E-state index is 3.73. The Morgan fingerprint density at radius 3 is 2.42 bits per heavy atom. The summed E-state index contributed by atoms with van der Waals surface area (Å²) in [5.41, 5.74) is 2.65. The van der Waals surface area contributed by atoms with Crippen LogP contribution in [0.1, 0.15) is 18.1 Å². The molecule has 0 spiro atoms. The van der Waals surface area contributed by atoms with Crippen LogP contribution in [0.15, 0.2) is 30.8 Å². The van der Waals surface area contributed by atoms with Crippen molar-refractivity contribution in [3.8, 4) is 0 Å². The van der Waals surface area contributed by atoms with Crippen molar-refractivity contribution in [3.63, 3.8) is 0 Å². The molecule has 1 aromatic carbocycles. The van der Waals surface area contributed by atoms with Crippen molar-refractivity contribution in [2.24, 2.45) is 0 Å². The van der Waals surface area contributed by atoms with Crippen LogP contribution in [0.3, 0.4) is 0 Å². The molecule has 0 amide bonds. The standard InChI is InChI=1S/C11H13.Zn/c1-3-5-11-8-6-10(4-2)7-9-11;/h3-4,6-9H,2,5H2,1H3;. The first kappa shape index (κ1) is 9.67. The molecule has 1 heteroatoms. The summed E-state index contributed by atoms with van der Waals surface area (Å²) in [6, 6.07) is 8.65. The molecule has 1 atom stereocenters. The summed E-state index contributed by atoms with van der Waals surface area (Å²) in [6.07, 6.45) is 3.10. The molecular formula is C11H13Zn. The summed E-state index contributed by atoms with van der Waals surface area (Å²) in [7, 11) is 0. The fraction of sp³-hybridized carbons (Fsp3) is 0.273. The van der Waals surface area contributed by atoms with Gasteiger partial charge in [-0.15, -0.1) is 0 Å². The van der Waals surface area contributed by atoms with Gasteiger partial charge in [-0.1, -0.05) is 0 Å². The fourth-order valence-electron chi connectivity index (χ4n) is 1.19. The van der Waals surface area contributed by atoms with E-state index in [2.05, 4.69) is 37.8 Å². The van der Waals surface area contributed by atoms with Gasteiger partial charge < -0.3 is 0 Å². The van der Waals surface area contributed by atoms with Crippen LogP contribution in [-0.2, 0) is 24.7 Å². The molecule has 0 nitrogen and oxygen atoms in total. The van der Waals surface area contributed by atoms with Crippen molar-refractivity contribution in [3.05, 3.63) is 42.0 Å². The van der Waals surface area contributed by atoms with Gasteiger partial charge in [0.05, 0.1) is 0 Å². The maximum absolute atomic E-state index is 3.73. The van der Waals surface area contributed by atoms with Gasteiger partial charge in [-0.3, -0.25) is 0 Å². The van der Waals surface area contributed by atoms with Crippen molar-refractivity contribution >= 4 is 6.08 Å². The van der Waals surface area contributed by atoms with Crippen LogP contribution >= 0.6 is 0 Å². The van der Waals surface area contributed by atoms with Gasteiger partial charge in [0.15, 0.2) is 0 Å². The van der Waals surface area contributed by atoms with E-state index in [1.165, 1.54) is 35.9 Å². The minimum atomic E-state index is 0.861. The first-order valence-corrected chi connectivity index (χ1v) is 5.98. The Morgan fingerprint density at radius 1 is 1.42 bits per heavy atom. The van der Waals surface area contributed by atoms with E-state index >= 15 is 0 Å². The molecule has 0 aromatic heterocycles. The Bertz CT molecular complexity index is 246. The average Bonchev–Trinajstić information content (AvgIpc) is 2.05. The Balaban J connectivity index is 2.71. The second kappa shape index (κ2) is 4.57. The molecule has 1 aromatic rings. The van der Waals surface area contributed by atoms with Crippen molar-refractivity contribution in [1.82, 2.24) is 0 Å². The first-order valence-electron chi connectivity index (χ1n) is 4.27. The molecule has 0 aliphatic carbocycles. The van der Waals surface area contributed by atoms with E-state index in [0.717, 1.165) is 4.51 Å². The van der Waals surface area contributed by atoms with Gasteiger partial charge in [-0.05, 0) is 0 Å². The van der Waals surface area contributed by atoms with Crippen LogP contribution in [0.5, 0.6) is 0 Å². The third-order valence-electron chi connectivity index (χ3n) is 1.80. The average molecular weight is 211 g/mol. The predicted octanol–water partition coefficient (Wildman–Crippen LogP) is 3.23. The third kappa shape index (κ3) is 2.91. The number of hydrogen-bond acceptors (Lipinski definition) is 0. The van der Waals surface area contributed by atoms with E-state index in [-0.39, 0.29) is 0 Å². The first-order chi connectivity index (χ1) is 5.72. The Kier molecular flexibility index (Phi) is 3.68. The van der Waals surface area contributed by atoms with Gasteiger partial charge in [0.25, 0.3) is 0 Å². The van der Waals surface area contributed by atoms with E-state index in [1.807, 2.05) is 6.08 Å². The Hall–Kier alpha value is -0.417. The van der Waals surface area contributed by atoms with Crippen molar-refractivity contribution < 1.29 is 18.3 Å². The van der Waals surface area contributed by atoms with Crippen LogP contribution in [0, 0.1) is 0 Å². The zero-order valence-corrected chi connectivity index (χ0v) is 10.6. The van der Waals surface area contributed by atoms with Crippen LogP contribution < -0.4 is 0 Å². The van der Waals surface area contributed by atoms with Gasteiger partial charge >= 0.3 is 84.2 Å². The molecule has 0 N–H and O–H groups in total. The number of hydrogen-bond donors (Lipinski definition) is 0. The van der Waals surface area contributed by atoms with E-state index in [0.29, 0.717) is 0 Å². The minimum absolute atomic E-state index is 0.861. The zero-order chi connectivity index (χ0) is 8.97. The molecule has 0 aliphatic heterocycles. The second-order valence-corrected chi connectivity index (χ2v) is 6.18. The molecule has 1 rings (SSSR count). The Morgan fingerprint density at radius 2 is 2.00 bits per heavy atom. The van der Waals surface area contributed by atoms with Gasteiger partial charge in [0.1, 0.15) is 0 Å². The molecule has 0 saturated carbocycles. The summed E-state index contributed by atoms with van der Waals surface area (Å²) < 4.78 is 0.861. The van der Waals surface area contributed by atoms with Crippen LogP contribution in [-0.4, -0.2) is 0 Å². The van der Waals surface area contributed by atoms with Crippen LogP contribution in [0.25, 0.3) is 6.08 Å². The van der Waals surface area contributed by atoms with E-state index in [1.54, 1.807) is 0 Å². The summed E-state index contributed by atoms with van der Waals surface area (Å²) in [4.78, 5) is 0. The summed E-state index contributed by atoms with van der Waals surface area (Å²) in [5.74, 6) is 0. The van der Waals surface area contributed by atoms with Gasteiger partial charge in [0.2, 0.25) is 0 Å². The monoisotopic (exact) mass is 209 g/mol. The van der Waals surface area contributed by atoms with E-state index in [9.17, 15) is 0 Å². The van der Waals surface area contributed by atoms with Gasteiger partial charge in [0, 0.05) is 0 Å². The fourth-order valence-corrected chi connectivity index (χ4v) is 1.89. The van der Waals surface area contributed by atoms with Gasteiger partial charge in [-0.2, -0.15) is 0 Å². The number of rotatable bonds is 3. The van der Waals surface area contributed by atoms with Crippen LogP contribution in [0.2, 0.25) is 4.51 Å². The topological polar surface area (TPSA) is 0 Å². The summed E-state index contributed by atoms with van der Waals surface area (Å²) >= 11 is 1.38. The predicted molar refractivity (Wildman–Crippen MR) is 49.7 cm³/mol. The Labute approximate surface area is 84.4 Å². The normalized spacial score (nSPS) is 12.6. The van der Waals surface area contributed by atoms with Crippen molar-refractivity contribution in [1.29, 1.82) is 0 Å². The molecule has 0 bridgehead atoms. The molecule has 12 heavy (non-hydrogen) atoms.